The molecular weight excluding hydrogens is 197 g/mol. The Morgan fingerprint density at radius 2 is 2.17 bits per heavy atom. The fraction of sp³-hybridized carbons (Fsp3) is 0.500. The van der Waals surface area contributed by atoms with Crippen LogP contribution in [0.3, 0.4) is 0 Å². The molecule has 0 atom stereocenters. The minimum absolute atomic E-state index is 0.263. The molecule has 66 valence electrons. The Morgan fingerprint density at radius 3 is 2.50 bits per heavy atom. The summed E-state index contributed by atoms with van der Waals surface area (Å²) in [7, 11) is 0. The normalized spacial score (nSPS) is 19.9. The largest absolute Gasteiger partial charge is 0.291 e. The van der Waals surface area contributed by atoms with E-state index in [0.717, 1.165) is 0 Å². The maximum absolute atomic E-state index is 11.3. The number of rotatable bonds is 2. The lowest BCUT2D eigenvalue weighted by Gasteiger charge is -2.18. The Labute approximate surface area is 81.3 Å². The van der Waals surface area contributed by atoms with Gasteiger partial charge in [-0.1, -0.05) is 23.2 Å². The number of hydrogen-bond acceptors (Lipinski definition) is 2. The van der Waals surface area contributed by atoms with E-state index in [4.69, 9.17) is 23.2 Å². The van der Waals surface area contributed by atoms with Gasteiger partial charge in [0.2, 0.25) is 0 Å². The van der Waals surface area contributed by atoms with Gasteiger partial charge in [-0.3, -0.25) is 9.79 Å². The Hall–Kier alpha value is -0.340. The van der Waals surface area contributed by atoms with E-state index < -0.39 is 10.4 Å². The number of allylic oxidation sites excluding steroid dienone is 1. The van der Waals surface area contributed by atoms with Crippen LogP contribution in [-0.4, -0.2) is 22.4 Å². The van der Waals surface area contributed by atoms with Crippen molar-refractivity contribution in [3.05, 3.63) is 11.6 Å². The van der Waals surface area contributed by atoms with E-state index in [1.165, 1.54) is 0 Å². The third kappa shape index (κ3) is 1.70. The highest BCUT2D eigenvalue weighted by Gasteiger charge is 2.32. The molecule has 2 nitrogen and oxygen atoms in total. The summed E-state index contributed by atoms with van der Waals surface area (Å²) in [6, 6.07) is 0. The topological polar surface area (TPSA) is 29.4 Å². The van der Waals surface area contributed by atoms with Crippen LogP contribution in [0.4, 0.5) is 0 Å². The summed E-state index contributed by atoms with van der Waals surface area (Å²) in [6.45, 7) is 3.69. The smallest absolute Gasteiger partial charge is 0.194 e. The van der Waals surface area contributed by atoms with Crippen molar-refractivity contribution >= 4 is 35.2 Å². The quantitative estimate of drug-likeness (QED) is 0.636. The number of hydrogen-bond donors (Lipinski definition) is 0. The molecule has 0 aromatic rings. The lowest BCUT2D eigenvalue weighted by molar-refractivity contribution is -0.114. The number of carbonyl (C=O) groups is 1. The first kappa shape index (κ1) is 9.75. The molecule has 12 heavy (non-hydrogen) atoms. The van der Waals surface area contributed by atoms with Crippen LogP contribution < -0.4 is 0 Å². The highest BCUT2D eigenvalue weighted by Crippen LogP contribution is 2.27. The third-order valence-corrected chi connectivity index (χ3v) is 2.16. The van der Waals surface area contributed by atoms with Crippen LogP contribution in [0.5, 0.6) is 0 Å². The summed E-state index contributed by atoms with van der Waals surface area (Å²) < 4.78 is 0. The minimum Gasteiger partial charge on any atom is -0.291 e. The number of nitrogens with zero attached hydrogens (tertiary/aromatic N) is 1. The second-order valence-corrected chi connectivity index (χ2v) is 4.18. The molecule has 0 saturated heterocycles. The molecule has 0 bridgehead atoms. The molecule has 0 aromatic heterocycles. The first-order valence-corrected chi connectivity index (χ1v) is 4.41. The summed E-state index contributed by atoms with van der Waals surface area (Å²) >= 11 is 10.9. The molecule has 0 N–H and O–H groups in total. The number of ketones is 1. The Balaban J connectivity index is 2.87. The van der Waals surface area contributed by atoms with E-state index in [2.05, 4.69) is 4.99 Å². The standard InChI is InChI=1S/C8H9Cl2NO/c1-8(2)5(3-4-11-8)6(12)7(9)10/h3-4,7H,1-2H3. The highest BCUT2D eigenvalue weighted by molar-refractivity contribution is 6.55. The van der Waals surface area contributed by atoms with Gasteiger partial charge >= 0.3 is 0 Å². The van der Waals surface area contributed by atoms with Gasteiger partial charge in [0.15, 0.2) is 10.6 Å². The van der Waals surface area contributed by atoms with Gasteiger partial charge in [0.05, 0.1) is 5.54 Å². The van der Waals surface area contributed by atoms with Crippen LogP contribution in [0.25, 0.3) is 0 Å². The molecule has 0 unspecified atom stereocenters. The van der Waals surface area contributed by atoms with Crippen LogP contribution in [0.1, 0.15) is 13.8 Å². The van der Waals surface area contributed by atoms with E-state index in [0.29, 0.717) is 5.57 Å². The van der Waals surface area contributed by atoms with E-state index in [-0.39, 0.29) is 5.78 Å². The third-order valence-electron chi connectivity index (χ3n) is 1.76. The fourth-order valence-electron chi connectivity index (χ4n) is 1.07. The maximum atomic E-state index is 11.3. The molecule has 1 rings (SSSR count). The molecule has 1 heterocycles. The molecule has 1 aliphatic rings. The van der Waals surface area contributed by atoms with E-state index in [1.807, 2.05) is 13.8 Å². The van der Waals surface area contributed by atoms with E-state index in [1.54, 1.807) is 12.3 Å². The van der Waals surface area contributed by atoms with E-state index >= 15 is 0 Å². The second kappa shape index (κ2) is 3.19. The van der Waals surface area contributed by atoms with Gasteiger partial charge in [0, 0.05) is 11.8 Å². The van der Waals surface area contributed by atoms with Gasteiger partial charge < -0.3 is 0 Å². The van der Waals surface area contributed by atoms with Crippen molar-refractivity contribution in [2.45, 2.75) is 24.2 Å². The summed E-state index contributed by atoms with van der Waals surface area (Å²) in [4.78, 5) is 14.5. The van der Waals surface area contributed by atoms with Crippen LogP contribution in [-0.2, 0) is 4.79 Å². The Kier molecular flexibility index (Phi) is 2.59. The molecule has 0 fully saturated rings. The van der Waals surface area contributed by atoms with Crippen molar-refractivity contribution in [2.24, 2.45) is 4.99 Å². The molecule has 0 amide bonds. The van der Waals surface area contributed by atoms with Crippen molar-refractivity contribution in [3.8, 4) is 0 Å². The maximum Gasteiger partial charge on any atom is 0.194 e. The van der Waals surface area contributed by atoms with Gasteiger partial charge in [-0.2, -0.15) is 0 Å². The van der Waals surface area contributed by atoms with Crippen molar-refractivity contribution in [3.63, 3.8) is 0 Å². The summed E-state index contributed by atoms with van der Waals surface area (Å²) in [5.41, 5.74) is 0.0940. The molecule has 1 aliphatic heterocycles. The Morgan fingerprint density at radius 1 is 1.58 bits per heavy atom. The fourth-order valence-corrected chi connectivity index (χ4v) is 1.31. The average molecular weight is 206 g/mol. The lowest BCUT2D eigenvalue weighted by Crippen LogP contribution is -2.26. The number of alkyl halides is 2. The molecule has 0 radical (unpaired) electrons. The highest BCUT2D eigenvalue weighted by atomic mass is 35.5. The van der Waals surface area contributed by atoms with E-state index in [9.17, 15) is 4.79 Å². The van der Waals surface area contributed by atoms with Crippen LogP contribution >= 0.6 is 23.2 Å². The first-order chi connectivity index (χ1) is 5.45. The first-order valence-electron chi connectivity index (χ1n) is 3.53. The molecule has 0 saturated carbocycles. The monoisotopic (exact) mass is 205 g/mol. The minimum atomic E-state index is -0.989. The van der Waals surface area contributed by atoms with Crippen molar-refractivity contribution < 1.29 is 4.79 Å². The van der Waals surface area contributed by atoms with Crippen molar-refractivity contribution in [1.29, 1.82) is 0 Å². The van der Waals surface area contributed by atoms with Gasteiger partial charge in [-0.25, -0.2) is 0 Å². The number of carbonyl (C=O) groups excluding carboxylic acids is 1. The van der Waals surface area contributed by atoms with Crippen molar-refractivity contribution in [1.82, 2.24) is 0 Å². The second-order valence-electron chi connectivity index (χ2n) is 3.08. The number of Topliss-reactive ketones (excluding diaryl/α,β-unsaturated/α-hetero) is 1. The summed E-state index contributed by atoms with van der Waals surface area (Å²) in [6.07, 6.45) is 3.25. The van der Waals surface area contributed by atoms with Crippen molar-refractivity contribution in [2.75, 3.05) is 0 Å². The zero-order valence-corrected chi connectivity index (χ0v) is 8.36. The predicted molar refractivity (Wildman–Crippen MR) is 51.2 cm³/mol. The summed E-state index contributed by atoms with van der Waals surface area (Å²) in [5.74, 6) is -0.263. The molecular formula is C8H9Cl2NO. The van der Waals surface area contributed by atoms with Crippen LogP contribution in [0.2, 0.25) is 0 Å². The number of halogens is 2. The lowest BCUT2D eigenvalue weighted by atomic mass is 9.94. The molecule has 0 spiro atoms. The molecule has 0 aliphatic carbocycles. The summed E-state index contributed by atoms with van der Waals surface area (Å²) in [5, 5.41) is 0. The number of aliphatic imine (C=N–C) groups is 1. The van der Waals surface area contributed by atoms with Crippen LogP contribution in [0, 0.1) is 0 Å². The Bertz CT molecular complexity index is 266. The molecule has 0 aromatic carbocycles. The zero-order valence-electron chi connectivity index (χ0n) is 6.84. The van der Waals surface area contributed by atoms with Gasteiger partial charge in [0.25, 0.3) is 0 Å². The van der Waals surface area contributed by atoms with Gasteiger partial charge in [0.1, 0.15) is 0 Å². The zero-order chi connectivity index (χ0) is 9.35. The van der Waals surface area contributed by atoms with Gasteiger partial charge in [-0.15, -0.1) is 0 Å². The van der Waals surface area contributed by atoms with Crippen LogP contribution in [0.15, 0.2) is 16.6 Å². The molecule has 4 heteroatoms. The average Bonchev–Trinajstić information content (AvgIpc) is 2.27. The van der Waals surface area contributed by atoms with Gasteiger partial charge in [-0.05, 0) is 19.9 Å². The predicted octanol–water partition coefficient (Wildman–Crippen LogP) is 2.15. The SMILES string of the molecule is CC1(C)N=CC=C1C(=O)C(Cl)Cl.